The fourth-order valence-electron chi connectivity index (χ4n) is 2.97. The molecule has 1 fully saturated rings. The summed E-state index contributed by atoms with van der Waals surface area (Å²) in [6.07, 6.45) is 3.52. The minimum atomic E-state index is -0.468. The van der Waals surface area contributed by atoms with Gasteiger partial charge in [0.05, 0.1) is 17.7 Å². The second-order valence-electron chi connectivity index (χ2n) is 5.23. The summed E-state index contributed by atoms with van der Waals surface area (Å²) in [6, 6.07) is 3.39. The number of ether oxygens (including phenoxy) is 1. The molecule has 5 nitrogen and oxygen atoms in total. The zero-order valence-electron chi connectivity index (χ0n) is 10.9. The number of rotatable bonds is 3. The van der Waals surface area contributed by atoms with E-state index in [0.717, 1.165) is 36.3 Å². The number of amidine groups is 1. The highest BCUT2D eigenvalue weighted by atomic mass is 16.5. The molecular formula is C14H18N2O3. The Labute approximate surface area is 111 Å². The molecule has 1 aromatic rings. The van der Waals surface area contributed by atoms with Gasteiger partial charge in [0.15, 0.2) is 17.3 Å². The molecule has 1 spiro atoms. The van der Waals surface area contributed by atoms with Crippen LogP contribution in [0.4, 0.5) is 0 Å². The van der Waals surface area contributed by atoms with Gasteiger partial charge < -0.3 is 9.84 Å². The summed E-state index contributed by atoms with van der Waals surface area (Å²) >= 11 is 0. The van der Waals surface area contributed by atoms with Crippen molar-refractivity contribution in [3.63, 3.8) is 0 Å². The third-order valence-corrected chi connectivity index (χ3v) is 4.12. The Kier molecular flexibility index (Phi) is 2.67. The number of fused-ring (bicyclic) bond motifs is 2. The molecule has 1 saturated carbocycles. The number of hydroxylamine groups is 2. The van der Waals surface area contributed by atoms with Crippen LogP contribution in [0.15, 0.2) is 12.1 Å². The van der Waals surface area contributed by atoms with Gasteiger partial charge in [0, 0.05) is 0 Å². The monoisotopic (exact) mass is 262 g/mol. The molecular weight excluding hydrogens is 244 g/mol. The molecule has 1 aliphatic heterocycles. The van der Waals surface area contributed by atoms with E-state index in [1.807, 2.05) is 6.92 Å². The van der Waals surface area contributed by atoms with Crippen molar-refractivity contribution < 1.29 is 15.1 Å². The smallest absolute Gasteiger partial charge is 0.172 e. The average molecular weight is 262 g/mol. The number of nitrogens with zero attached hydrogens (tertiary/aromatic N) is 1. The van der Waals surface area contributed by atoms with Crippen LogP contribution in [0.25, 0.3) is 0 Å². The molecule has 5 heteroatoms. The Hall–Kier alpha value is -1.75. The second kappa shape index (κ2) is 4.13. The van der Waals surface area contributed by atoms with Gasteiger partial charge in [-0.2, -0.15) is 0 Å². The van der Waals surface area contributed by atoms with Gasteiger partial charge >= 0.3 is 0 Å². The van der Waals surface area contributed by atoms with Crippen molar-refractivity contribution >= 4 is 5.84 Å². The molecule has 102 valence electrons. The lowest BCUT2D eigenvalue weighted by Gasteiger charge is -2.43. The van der Waals surface area contributed by atoms with Crippen molar-refractivity contribution in [3.8, 4) is 11.5 Å². The van der Waals surface area contributed by atoms with Gasteiger partial charge in [0.25, 0.3) is 0 Å². The van der Waals surface area contributed by atoms with E-state index in [-0.39, 0.29) is 11.6 Å². The number of phenolic OH excluding ortho intramolecular Hbond substituents is 1. The summed E-state index contributed by atoms with van der Waals surface area (Å²) in [5.41, 5.74) is 0.968. The molecule has 19 heavy (non-hydrogen) atoms. The zero-order chi connectivity index (χ0) is 13.6. The van der Waals surface area contributed by atoms with E-state index in [1.165, 1.54) is 0 Å². The van der Waals surface area contributed by atoms with Crippen LogP contribution in [0.2, 0.25) is 0 Å². The maximum atomic E-state index is 10.2. The van der Waals surface area contributed by atoms with Gasteiger partial charge in [0.1, 0.15) is 0 Å². The number of aromatic hydroxyl groups is 1. The number of phenols is 1. The first kappa shape index (κ1) is 12.3. The highest BCUT2D eigenvalue weighted by molar-refractivity contribution is 6.04. The third kappa shape index (κ3) is 1.48. The third-order valence-electron chi connectivity index (χ3n) is 4.12. The summed E-state index contributed by atoms with van der Waals surface area (Å²) in [5, 5.41) is 29.3. The molecule has 0 amide bonds. The van der Waals surface area contributed by atoms with Gasteiger partial charge in [-0.3, -0.25) is 10.6 Å². The van der Waals surface area contributed by atoms with E-state index in [1.54, 1.807) is 12.1 Å². The average Bonchev–Trinajstić information content (AvgIpc) is 2.58. The van der Waals surface area contributed by atoms with Crippen molar-refractivity contribution in [2.45, 2.75) is 38.1 Å². The molecule has 0 atom stereocenters. The first-order chi connectivity index (χ1) is 9.12. The van der Waals surface area contributed by atoms with Crippen LogP contribution in [-0.2, 0) is 5.54 Å². The van der Waals surface area contributed by atoms with Crippen LogP contribution >= 0.6 is 0 Å². The Morgan fingerprint density at radius 1 is 1.42 bits per heavy atom. The lowest BCUT2D eigenvalue weighted by Crippen LogP contribution is -2.46. The summed E-state index contributed by atoms with van der Waals surface area (Å²) in [5.74, 6) is 0.380. The highest BCUT2D eigenvalue weighted by Crippen LogP contribution is 2.54. The SMILES string of the molecule is CCCOc1c(O)ccc2c1C(=N)N(O)C21CCC1. The van der Waals surface area contributed by atoms with Crippen LogP contribution in [0, 0.1) is 5.41 Å². The Balaban J connectivity index is 2.13. The summed E-state index contributed by atoms with van der Waals surface area (Å²) in [7, 11) is 0. The number of benzene rings is 1. The van der Waals surface area contributed by atoms with E-state index >= 15 is 0 Å². The number of hydrogen-bond acceptors (Lipinski definition) is 4. The fourth-order valence-corrected chi connectivity index (χ4v) is 2.97. The fraction of sp³-hybridized carbons (Fsp3) is 0.500. The number of hydrogen-bond donors (Lipinski definition) is 3. The van der Waals surface area contributed by atoms with E-state index in [0.29, 0.717) is 17.9 Å². The van der Waals surface area contributed by atoms with Gasteiger partial charge in [-0.15, -0.1) is 0 Å². The van der Waals surface area contributed by atoms with Gasteiger partial charge in [0.2, 0.25) is 0 Å². The van der Waals surface area contributed by atoms with Crippen LogP contribution < -0.4 is 4.74 Å². The van der Waals surface area contributed by atoms with Crippen LogP contribution in [0.1, 0.15) is 43.7 Å². The van der Waals surface area contributed by atoms with E-state index in [9.17, 15) is 10.3 Å². The minimum Gasteiger partial charge on any atom is -0.504 e. The molecule has 1 heterocycles. The summed E-state index contributed by atoms with van der Waals surface area (Å²) < 4.78 is 5.58. The predicted molar refractivity (Wildman–Crippen MR) is 69.9 cm³/mol. The molecule has 2 aliphatic rings. The lowest BCUT2D eigenvalue weighted by atomic mass is 9.72. The van der Waals surface area contributed by atoms with Crippen molar-refractivity contribution in [2.75, 3.05) is 6.61 Å². The maximum Gasteiger partial charge on any atom is 0.172 e. The molecule has 0 aromatic heterocycles. The van der Waals surface area contributed by atoms with E-state index in [2.05, 4.69) is 0 Å². The molecule has 1 aliphatic carbocycles. The molecule has 3 N–H and O–H groups in total. The summed E-state index contributed by atoms with van der Waals surface area (Å²) in [6.45, 7) is 2.47. The topological polar surface area (TPSA) is 76.8 Å². The quantitative estimate of drug-likeness (QED) is 0.782. The molecule has 0 radical (unpaired) electrons. The first-order valence-corrected chi connectivity index (χ1v) is 6.69. The van der Waals surface area contributed by atoms with Crippen LogP contribution in [0.3, 0.4) is 0 Å². The standard InChI is InChI=1S/C14H18N2O3/c1-2-8-19-12-10(17)5-4-9-11(12)13(15)16(18)14(9)6-3-7-14/h4-5,15,17-18H,2-3,6-8H2,1H3. The first-order valence-electron chi connectivity index (χ1n) is 6.69. The highest BCUT2D eigenvalue weighted by Gasteiger charge is 2.53. The predicted octanol–water partition coefficient (Wildman–Crippen LogP) is 2.59. The van der Waals surface area contributed by atoms with Crippen molar-refractivity contribution in [2.24, 2.45) is 0 Å². The van der Waals surface area contributed by atoms with Gasteiger partial charge in [-0.05, 0) is 37.3 Å². The summed E-state index contributed by atoms with van der Waals surface area (Å²) in [4.78, 5) is 0. The lowest BCUT2D eigenvalue weighted by molar-refractivity contribution is -0.138. The second-order valence-corrected chi connectivity index (χ2v) is 5.23. The maximum absolute atomic E-state index is 10.2. The largest absolute Gasteiger partial charge is 0.504 e. The van der Waals surface area contributed by atoms with Crippen LogP contribution in [-0.4, -0.2) is 27.8 Å². The zero-order valence-corrected chi connectivity index (χ0v) is 10.9. The van der Waals surface area contributed by atoms with Gasteiger partial charge in [-0.1, -0.05) is 13.0 Å². The molecule has 0 bridgehead atoms. The molecule has 0 unspecified atom stereocenters. The van der Waals surface area contributed by atoms with Crippen molar-refractivity contribution in [3.05, 3.63) is 23.3 Å². The minimum absolute atomic E-state index is 0.0247. The van der Waals surface area contributed by atoms with E-state index in [4.69, 9.17) is 10.1 Å². The Morgan fingerprint density at radius 2 is 2.16 bits per heavy atom. The van der Waals surface area contributed by atoms with Gasteiger partial charge in [-0.25, -0.2) is 5.06 Å². The number of nitrogens with one attached hydrogen (secondary N) is 1. The van der Waals surface area contributed by atoms with Crippen molar-refractivity contribution in [1.29, 1.82) is 5.41 Å². The Morgan fingerprint density at radius 3 is 2.74 bits per heavy atom. The molecule has 3 rings (SSSR count). The van der Waals surface area contributed by atoms with E-state index < -0.39 is 5.54 Å². The Bertz CT molecular complexity index is 538. The molecule has 1 aromatic carbocycles. The van der Waals surface area contributed by atoms with Crippen molar-refractivity contribution in [1.82, 2.24) is 5.06 Å². The van der Waals surface area contributed by atoms with Crippen LogP contribution in [0.5, 0.6) is 11.5 Å². The normalized spacial score (nSPS) is 19.5. The molecule has 0 saturated heterocycles.